The lowest BCUT2D eigenvalue weighted by molar-refractivity contribution is -0.112. The number of hydrogen-bond donors (Lipinski definition) is 2. The Morgan fingerprint density at radius 2 is 2.03 bits per heavy atom. The van der Waals surface area contributed by atoms with Gasteiger partial charge in [-0.1, -0.05) is 49.2 Å². The van der Waals surface area contributed by atoms with Crippen LogP contribution < -0.4 is 25.7 Å². The lowest BCUT2D eigenvalue weighted by Crippen LogP contribution is -2.46. The van der Waals surface area contributed by atoms with Crippen LogP contribution in [-0.4, -0.2) is 31.8 Å². The number of methoxy groups -OCH3 is 1. The molecule has 0 aromatic heterocycles. The van der Waals surface area contributed by atoms with Gasteiger partial charge in [0.2, 0.25) is 0 Å². The molecule has 0 spiro atoms. The third kappa shape index (κ3) is 4.96. The van der Waals surface area contributed by atoms with Gasteiger partial charge in [0.25, 0.3) is 11.8 Å². The van der Waals surface area contributed by atoms with Gasteiger partial charge in [-0.15, -0.1) is 0 Å². The van der Waals surface area contributed by atoms with Gasteiger partial charge >= 0.3 is 0 Å². The van der Waals surface area contributed by atoms with Crippen LogP contribution in [0.25, 0.3) is 0 Å². The summed E-state index contributed by atoms with van der Waals surface area (Å²) in [5.41, 5.74) is 2.43. The highest BCUT2D eigenvalue weighted by molar-refractivity contribution is 7.80. The first-order valence-corrected chi connectivity index (χ1v) is 10.5. The molecule has 158 valence electrons. The van der Waals surface area contributed by atoms with Crippen molar-refractivity contribution >= 4 is 53.7 Å². The van der Waals surface area contributed by atoms with Crippen molar-refractivity contribution in [2.45, 2.75) is 33.1 Å². The van der Waals surface area contributed by atoms with Crippen LogP contribution in [0.4, 0.5) is 11.4 Å². The molecule has 6 nitrogen and oxygen atoms in total. The summed E-state index contributed by atoms with van der Waals surface area (Å²) in [5.74, 6) is 0.290. The molecule has 1 aliphatic heterocycles. The molecule has 3 rings (SSSR count). The molecule has 0 fully saturated rings. The molecule has 0 saturated carbocycles. The van der Waals surface area contributed by atoms with Crippen LogP contribution in [0.2, 0.25) is 0 Å². The van der Waals surface area contributed by atoms with Crippen LogP contribution in [0.5, 0.6) is 5.75 Å². The highest BCUT2D eigenvalue weighted by Gasteiger charge is 2.31. The van der Waals surface area contributed by atoms with E-state index in [4.69, 9.17) is 24.8 Å². The second kappa shape index (κ2) is 9.79. The number of unbranched alkanes of at least 4 members (excludes halogenated alkanes) is 1. The Morgan fingerprint density at radius 1 is 1.26 bits per heavy atom. The van der Waals surface area contributed by atoms with Crippen LogP contribution in [-0.2, 0) is 4.79 Å². The van der Waals surface area contributed by atoms with Crippen molar-refractivity contribution in [3.63, 3.8) is 0 Å². The second-order valence-corrected chi connectivity index (χ2v) is 7.69. The van der Waals surface area contributed by atoms with Gasteiger partial charge < -0.3 is 15.4 Å². The largest absolute Gasteiger partial charge is 0.497 e. The molecule has 0 unspecified atom stereocenters. The topological polar surface area (TPSA) is 70.7 Å². The van der Waals surface area contributed by atoms with Crippen LogP contribution in [0, 0.1) is 0 Å². The van der Waals surface area contributed by atoms with Crippen molar-refractivity contribution in [2.75, 3.05) is 17.3 Å². The van der Waals surface area contributed by atoms with Gasteiger partial charge in [-0.25, -0.2) is 0 Å². The number of hydrogen-bond acceptors (Lipinski definition) is 4. The Labute approximate surface area is 189 Å². The maximum absolute atomic E-state index is 13.0. The van der Waals surface area contributed by atoms with Gasteiger partial charge in [-0.05, 0) is 38.0 Å². The number of amides is 2. The number of rotatable bonds is 6. The van der Waals surface area contributed by atoms with Crippen molar-refractivity contribution in [1.82, 2.24) is 5.32 Å². The molecule has 2 amide bonds. The number of thiocarbonyl (C=S) groups is 1. The van der Waals surface area contributed by atoms with Gasteiger partial charge in [-0.3, -0.25) is 14.5 Å². The molecule has 2 aromatic carbocycles. The molecule has 2 radical (unpaired) electrons. The molecule has 2 aromatic rings. The predicted molar refractivity (Wildman–Crippen MR) is 128 cm³/mol. The highest BCUT2D eigenvalue weighted by atomic mass is 32.1. The van der Waals surface area contributed by atoms with Crippen molar-refractivity contribution in [3.8, 4) is 5.75 Å². The van der Waals surface area contributed by atoms with E-state index < -0.39 is 0 Å². The van der Waals surface area contributed by atoms with Crippen LogP contribution in [0.1, 0.15) is 43.5 Å². The van der Waals surface area contributed by atoms with Crippen LogP contribution >= 0.6 is 12.2 Å². The number of nitrogens with zero attached hydrogens (tertiary/aromatic N) is 1. The van der Waals surface area contributed by atoms with E-state index in [1.54, 1.807) is 61.4 Å². The summed E-state index contributed by atoms with van der Waals surface area (Å²) in [6.45, 7) is 3.74. The molecule has 31 heavy (non-hydrogen) atoms. The maximum Gasteiger partial charge on any atom is 0.258 e. The quantitative estimate of drug-likeness (QED) is 0.415. The maximum atomic E-state index is 13.0. The monoisotopic (exact) mass is 433 g/mol. The van der Waals surface area contributed by atoms with E-state index in [9.17, 15) is 9.59 Å². The first-order valence-electron chi connectivity index (χ1n) is 10.1. The van der Waals surface area contributed by atoms with E-state index in [0.29, 0.717) is 51.0 Å². The minimum absolute atomic E-state index is 0.331. The normalized spacial score (nSPS) is 14.4. The Bertz CT molecular complexity index is 1070. The number of nitrogens with one attached hydrogen (secondary N) is 2. The molecule has 8 heteroatoms. The zero-order valence-electron chi connectivity index (χ0n) is 17.8. The number of benzene rings is 2. The molecular formula is C23H24BN3O3S. The number of ether oxygens (including phenoxy) is 1. The fourth-order valence-corrected chi connectivity index (χ4v) is 3.61. The zero-order chi connectivity index (χ0) is 22.5. The summed E-state index contributed by atoms with van der Waals surface area (Å²) in [4.78, 5) is 28.2. The minimum Gasteiger partial charge on any atom is -0.497 e. The summed E-state index contributed by atoms with van der Waals surface area (Å²) >= 11 is 5.69. The third-order valence-electron chi connectivity index (χ3n) is 4.98. The van der Waals surface area contributed by atoms with Crippen LogP contribution in [0.15, 0.2) is 53.9 Å². The van der Waals surface area contributed by atoms with Crippen molar-refractivity contribution in [2.24, 2.45) is 0 Å². The average Bonchev–Trinajstić information content (AvgIpc) is 2.77. The third-order valence-corrected chi connectivity index (χ3v) is 5.37. The molecule has 0 aliphatic carbocycles. The summed E-state index contributed by atoms with van der Waals surface area (Å²) in [6, 6.07) is 12.1. The smallest absolute Gasteiger partial charge is 0.258 e. The standard InChI is InChI=1S/C23H24BN3O3S/c1-4-5-9-20(31)27-19-11-10-15(24)12-18(19)23(29)26-21(27)14(2)22(28)25-16-7-6-8-17(13-16)30-3/h6-8,10-13H,4-5,9H2,1-3H3,(H,25,28)(H,26,29)/b21-14+. The molecule has 1 heterocycles. The zero-order valence-corrected chi connectivity index (χ0v) is 18.6. The first kappa shape index (κ1) is 22.6. The Hall–Kier alpha value is -3.13. The van der Waals surface area contributed by atoms with Gasteiger partial charge in [0.05, 0.1) is 28.9 Å². The lowest BCUT2D eigenvalue weighted by atomic mass is 9.92. The molecule has 0 bridgehead atoms. The second-order valence-electron chi connectivity index (χ2n) is 7.22. The average molecular weight is 433 g/mol. The van der Waals surface area contributed by atoms with Crippen LogP contribution in [0.3, 0.4) is 0 Å². The number of carbonyl (C=O) groups excluding carboxylic acids is 2. The summed E-state index contributed by atoms with van der Waals surface area (Å²) in [6.07, 6.45) is 2.53. The van der Waals surface area contributed by atoms with E-state index >= 15 is 0 Å². The number of carbonyl (C=O) groups is 2. The van der Waals surface area contributed by atoms with E-state index in [2.05, 4.69) is 17.6 Å². The van der Waals surface area contributed by atoms with Crippen molar-refractivity contribution in [3.05, 3.63) is 59.4 Å². The van der Waals surface area contributed by atoms with Gasteiger partial charge in [0, 0.05) is 11.8 Å². The summed E-state index contributed by atoms with van der Waals surface area (Å²) in [7, 11) is 7.44. The predicted octanol–water partition coefficient (Wildman–Crippen LogP) is 3.43. The molecule has 0 atom stereocenters. The lowest BCUT2D eigenvalue weighted by Gasteiger charge is -2.35. The van der Waals surface area contributed by atoms with Gasteiger partial charge in [-0.2, -0.15) is 0 Å². The highest BCUT2D eigenvalue weighted by Crippen LogP contribution is 2.30. The first-order chi connectivity index (χ1) is 14.8. The number of anilines is 2. The molecule has 1 aliphatic rings. The van der Waals surface area contributed by atoms with Crippen molar-refractivity contribution in [1.29, 1.82) is 0 Å². The fraction of sp³-hybridized carbons (Fsp3) is 0.261. The van der Waals surface area contributed by atoms with E-state index in [0.717, 1.165) is 12.8 Å². The Balaban J connectivity index is 2.01. The molecule has 2 N–H and O–H groups in total. The Kier molecular flexibility index (Phi) is 7.12. The van der Waals surface area contributed by atoms with E-state index in [-0.39, 0.29) is 11.8 Å². The SMILES string of the molecule is [B]c1ccc2c(c1)C(=O)N/C(=C(/C)C(=O)Nc1cccc(OC)c1)N2C(=S)CCCC. The fourth-order valence-electron chi connectivity index (χ4n) is 3.28. The van der Waals surface area contributed by atoms with Crippen molar-refractivity contribution < 1.29 is 14.3 Å². The van der Waals surface area contributed by atoms with E-state index in [1.807, 2.05) is 0 Å². The molecule has 0 saturated heterocycles. The Morgan fingerprint density at radius 3 is 2.74 bits per heavy atom. The molecular weight excluding hydrogens is 409 g/mol. The van der Waals surface area contributed by atoms with Gasteiger partial charge in [0.1, 0.15) is 19.4 Å². The van der Waals surface area contributed by atoms with Gasteiger partial charge in [0.15, 0.2) is 0 Å². The number of fused-ring (bicyclic) bond motifs is 1. The van der Waals surface area contributed by atoms with E-state index in [1.165, 1.54) is 0 Å². The summed E-state index contributed by atoms with van der Waals surface area (Å²) in [5, 5.41) is 5.68. The minimum atomic E-state index is -0.356. The summed E-state index contributed by atoms with van der Waals surface area (Å²) < 4.78 is 5.21.